The lowest BCUT2D eigenvalue weighted by Gasteiger charge is -2.30. The van der Waals surface area contributed by atoms with Crippen LogP contribution in [0, 0.1) is 5.92 Å². The van der Waals surface area contributed by atoms with E-state index in [2.05, 4.69) is 22.2 Å². The average molecular weight is 342 g/mol. The molecule has 0 spiro atoms. The number of nitrogens with one attached hydrogen (secondary N) is 1. The van der Waals surface area contributed by atoms with E-state index in [9.17, 15) is 9.90 Å². The first kappa shape index (κ1) is 17.6. The lowest BCUT2D eigenvalue weighted by Crippen LogP contribution is -2.32. The SMILES string of the molecule is CC1CCN(Cc2ccc(NC(=O)C(O)c3cnn(C)c3)cc2)CC1. The Morgan fingerprint density at radius 3 is 2.60 bits per heavy atom. The van der Waals surface area contributed by atoms with Crippen molar-refractivity contribution in [3.8, 4) is 0 Å². The number of amides is 1. The van der Waals surface area contributed by atoms with Gasteiger partial charge in [-0.15, -0.1) is 0 Å². The molecule has 1 unspecified atom stereocenters. The van der Waals surface area contributed by atoms with E-state index >= 15 is 0 Å². The standard InChI is InChI=1S/C19H26N4O2/c1-14-7-9-23(10-8-14)12-15-3-5-17(6-4-15)21-19(25)18(24)16-11-20-22(2)13-16/h3-6,11,13-14,18,24H,7-10,12H2,1-2H3,(H,21,25). The van der Waals surface area contributed by atoms with Gasteiger partial charge in [-0.1, -0.05) is 19.1 Å². The van der Waals surface area contributed by atoms with Crippen molar-refractivity contribution in [3.05, 3.63) is 47.8 Å². The van der Waals surface area contributed by atoms with Crippen LogP contribution in [0.25, 0.3) is 0 Å². The number of hydrogen-bond donors (Lipinski definition) is 2. The Balaban J connectivity index is 1.54. The quantitative estimate of drug-likeness (QED) is 0.875. The highest BCUT2D eigenvalue weighted by Crippen LogP contribution is 2.20. The predicted octanol–water partition coefficient (Wildman–Crippen LogP) is 2.32. The number of hydrogen-bond acceptors (Lipinski definition) is 4. The molecule has 134 valence electrons. The fourth-order valence-corrected chi connectivity index (χ4v) is 3.12. The minimum Gasteiger partial charge on any atom is -0.378 e. The smallest absolute Gasteiger partial charge is 0.257 e. The molecule has 25 heavy (non-hydrogen) atoms. The molecule has 0 saturated carbocycles. The third-order valence-electron chi connectivity index (χ3n) is 4.79. The van der Waals surface area contributed by atoms with Crippen LogP contribution in [0.3, 0.4) is 0 Å². The van der Waals surface area contributed by atoms with E-state index in [1.165, 1.54) is 24.6 Å². The van der Waals surface area contributed by atoms with Crippen molar-refractivity contribution in [1.82, 2.24) is 14.7 Å². The number of nitrogens with zero attached hydrogens (tertiary/aromatic N) is 3. The number of carbonyl (C=O) groups excluding carboxylic acids is 1. The number of rotatable bonds is 5. The van der Waals surface area contributed by atoms with E-state index in [1.54, 1.807) is 17.9 Å². The number of benzene rings is 1. The van der Waals surface area contributed by atoms with Gasteiger partial charge in [-0.25, -0.2) is 0 Å². The maximum absolute atomic E-state index is 12.1. The third-order valence-corrected chi connectivity index (χ3v) is 4.79. The summed E-state index contributed by atoms with van der Waals surface area (Å²) >= 11 is 0. The molecule has 1 aliphatic heterocycles. The summed E-state index contributed by atoms with van der Waals surface area (Å²) in [6.07, 6.45) is 4.43. The Hall–Kier alpha value is -2.18. The van der Waals surface area contributed by atoms with E-state index in [0.29, 0.717) is 11.3 Å². The highest BCUT2D eigenvalue weighted by atomic mass is 16.3. The molecule has 0 aliphatic carbocycles. The van der Waals surface area contributed by atoms with E-state index in [0.717, 1.165) is 25.6 Å². The lowest BCUT2D eigenvalue weighted by molar-refractivity contribution is -0.124. The Morgan fingerprint density at radius 2 is 2.00 bits per heavy atom. The molecule has 1 atom stereocenters. The van der Waals surface area contributed by atoms with Crippen LogP contribution in [-0.4, -0.2) is 38.8 Å². The third kappa shape index (κ3) is 4.67. The molecule has 0 bridgehead atoms. The summed E-state index contributed by atoms with van der Waals surface area (Å²) in [4.78, 5) is 14.6. The fraction of sp³-hybridized carbons (Fsp3) is 0.474. The summed E-state index contributed by atoms with van der Waals surface area (Å²) in [5.74, 6) is 0.380. The first-order chi connectivity index (χ1) is 12.0. The van der Waals surface area contributed by atoms with Gasteiger partial charge in [0.15, 0.2) is 6.10 Å². The molecule has 2 aromatic rings. The van der Waals surface area contributed by atoms with Crippen molar-refractivity contribution in [2.75, 3.05) is 18.4 Å². The number of aliphatic hydroxyl groups is 1. The van der Waals surface area contributed by atoms with Gasteiger partial charge in [0.1, 0.15) is 0 Å². The van der Waals surface area contributed by atoms with Gasteiger partial charge in [0.05, 0.1) is 6.20 Å². The second-order valence-corrected chi connectivity index (χ2v) is 6.99. The maximum Gasteiger partial charge on any atom is 0.257 e. The van der Waals surface area contributed by atoms with Crippen LogP contribution in [0.15, 0.2) is 36.7 Å². The van der Waals surface area contributed by atoms with Crippen molar-refractivity contribution in [1.29, 1.82) is 0 Å². The lowest BCUT2D eigenvalue weighted by atomic mass is 9.99. The number of aliphatic hydroxyl groups excluding tert-OH is 1. The Labute approximate surface area is 148 Å². The summed E-state index contributed by atoms with van der Waals surface area (Å²) in [7, 11) is 1.75. The second-order valence-electron chi connectivity index (χ2n) is 6.99. The van der Waals surface area contributed by atoms with Crippen LogP contribution in [0.5, 0.6) is 0 Å². The Morgan fingerprint density at radius 1 is 1.32 bits per heavy atom. The van der Waals surface area contributed by atoms with Gasteiger partial charge in [0, 0.05) is 31.0 Å². The van der Waals surface area contributed by atoms with Gasteiger partial charge in [-0.3, -0.25) is 14.4 Å². The number of piperidine rings is 1. The first-order valence-electron chi connectivity index (χ1n) is 8.80. The normalized spacial score (nSPS) is 17.4. The fourth-order valence-electron chi connectivity index (χ4n) is 3.12. The highest BCUT2D eigenvalue weighted by Gasteiger charge is 2.19. The largest absolute Gasteiger partial charge is 0.378 e. The van der Waals surface area contributed by atoms with E-state index < -0.39 is 12.0 Å². The molecule has 2 heterocycles. The molecule has 1 saturated heterocycles. The first-order valence-corrected chi connectivity index (χ1v) is 8.80. The Bertz CT molecular complexity index is 702. The number of carbonyl (C=O) groups is 1. The van der Waals surface area contributed by atoms with Crippen LogP contribution in [0.4, 0.5) is 5.69 Å². The van der Waals surface area contributed by atoms with Crippen molar-refractivity contribution in [2.24, 2.45) is 13.0 Å². The van der Waals surface area contributed by atoms with Crippen molar-refractivity contribution in [2.45, 2.75) is 32.4 Å². The summed E-state index contributed by atoms with van der Waals surface area (Å²) in [5.41, 5.74) is 2.40. The zero-order chi connectivity index (χ0) is 17.8. The topological polar surface area (TPSA) is 70.4 Å². The van der Waals surface area contributed by atoms with Crippen LogP contribution < -0.4 is 5.32 Å². The van der Waals surface area contributed by atoms with Gasteiger partial charge in [0.25, 0.3) is 5.91 Å². The number of anilines is 1. The summed E-state index contributed by atoms with van der Waals surface area (Å²) < 4.78 is 1.56. The van der Waals surface area contributed by atoms with E-state index in [4.69, 9.17) is 0 Å². The molecule has 1 fully saturated rings. The maximum atomic E-state index is 12.1. The molecule has 6 heteroatoms. The van der Waals surface area contributed by atoms with Crippen molar-refractivity contribution in [3.63, 3.8) is 0 Å². The molecule has 2 N–H and O–H groups in total. The van der Waals surface area contributed by atoms with E-state index in [-0.39, 0.29) is 0 Å². The molecule has 6 nitrogen and oxygen atoms in total. The molecular weight excluding hydrogens is 316 g/mol. The summed E-state index contributed by atoms with van der Waals surface area (Å²) in [6.45, 7) is 5.56. The van der Waals surface area contributed by atoms with Crippen molar-refractivity contribution < 1.29 is 9.90 Å². The molecular formula is C19H26N4O2. The molecule has 3 rings (SSSR count). The van der Waals surface area contributed by atoms with Crippen molar-refractivity contribution >= 4 is 11.6 Å². The zero-order valence-electron chi connectivity index (χ0n) is 14.9. The molecule has 0 radical (unpaired) electrons. The van der Waals surface area contributed by atoms with E-state index in [1.807, 2.05) is 24.3 Å². The average Bonchev–Trinajstić information content (AvgIpc) is 3.04. The van der Waals surface area contributed by atoms with Gasteiger partial charge in [0.2, 0.25) is 0 Å². The molecule has 1 amide bonds. The summed E-state index contributed by atoms with van der Waals surface area (Å²) in [6, 6.07) is 7.83. The van der Waals surface area contributed by atoms with Crippen LogP contribution in [-0.2, 0) is 18.4 Å². The minimum absolute atomic E-state index is 0.453. The molecule has 1 aromatic carbocycles. The number of aryl methyl sites for hydroxylation is 1. The van der Waals surface area contributed by atoms with Gasteiger partial charge < -0.3 is 10.4 Å². The van der Waals surface area contributed by atoms with Crippen LogP contribution in [0.2, 0.25) is 0 Å². The van der Waals surface area contributed by atoms with Crippen LogP contribution >= 0.6 is 0 Å². The highest BCUT2D eigenvalue weighted by molar-refractivity contribution is 5.94. The number of likely N-dealkylation sites (tertiary alicyclic amines) is 1. The summed E-state index contributed by atoms with van der Waals surface area (Å²) in [5, 5.41) is 16.8. The predicted molar refractivity (Wildman–Crippen MR) is 96.9 cm³/mol. The minimum atomic E-state index is -1.22. The molecule has 1 aromatic heterocycles. The van der Waals surface area contributed by atoms with Crippen LogP contribution in [0.1, 0.15) is 37.0 Å². The van der Waals surface area contributed by atoms with Gasteiger partial charge in [-0.05, 0) is 49.5 Å². The van der Waals surface area contributed by atoms with Gasteiger partial charge >= 0.3 is 0 Å². The monoisotopic (exact) mass is 342 g/mol. The zero-order valence-corrected chi connectivity index (χ0v) is 14.9. The second kappa shape index (κ2) is 7.80. The van der Waals surface area contributed by atoms with Gasteiger partial charge in [-0.2, -0.15) is 5.10 Å². The number of aromatic nitrogens is 2. The molecule has 1 aliphatic rings. The Kier molecular flexibility index (Phi) is 5.50.